The monoisotopic (exact) mass is 557 g/mol. The van der Waals surface area contributed by atoms with Crippen LogP contribution in [0.25, 0.3) is 0 Å². The minimum Gasteiger partial charge on any atom is -0.367 e. The second kappa shape index (κ2) is 9.71. The van der Waals surface area contributed by atoms with E-state index in [-0.39, 0.29) is 22.5 Å². The molecule has 0 saturated carbocycles. The molecule has 2 unspecified atom stereocenters. The normalized spacial score (nSPS) is 13.2. The van der Waals surface area contributed by atoms with Crippen molar-refractivity contribution < 1.29 is 43.9 Å². The van der Waals surface area contributed by atoms with Crippen LogP contribution in [0, 0.1) is 58.2 Å². The molecule has 0 radical (unpaired) electrons. The fourth-order valence-electron chi connectivity index (χ4n) is 4.55. The molecule has 13 heteroatoms. The average Bonchev–Trinajstić information content (AvgIpc) is 3.72. The largest absolute Gasteiger partial charge is 0.367 e. The molecule has 3 heterocycles. The quantitative estimate of drug-likeness (QED) is 0.111. The molecule has 5 aromatic rings. The Balaban J connectivity index is 1.74. The molecule has 0 fully saturated rings. The Bertz CT molecular complexity index is 1490. The number of hydrogen-bond donors (Lipinski definition) is 3. The van der Waals surface area contributed by atoms with Gasteiger partial charge in [0.15, 0.2) is 46.5 Å². The van der Waals surface area contributed by atoms with Crippen molar-refractivity contribution in [3.63, 3.8) is 0 Å². The van der Waals surface area contributed by atoms with Gasteiger partial charge in [-0.05, 0) is 35.4 Å². The molecule has 0 bridgehead atoms. The molecule has 0 aliphatic rings. The van der Waals surface area contributed by atoms with E-state index < -0.39 is 81.1 Å². The van der Waals surface area contributed by atoms with E-state index in [2.05, 4.69) is 15.0 Å². The van der Waals surface area contributed by atoms with E-state index >= 15 is 0 Å². The van der Waals surface area contributed by atoms with Gasteiger partial charge >= 0.3 is 0 Å². The van der Waals surface area contributed by atoms with E-state index in [0.717, 1.165) is 12.1 Å². The summed E-state index contributed by atoms with van der Waals surface area (Å²) in [4.78, 5) is 7.83. The lowest BCUT2D eigenvalue weighted by Gasteiger charge is -2.20. The number of aromatic nitrogens is 3. The van der Waals surface area contributed by atoms with Crippen LogP contribution in [0.4, 0.5) is 43.9 Å². The van der Waals surface area contributed by atoms with Crippen LogP contribution < -0.4 is 0 Å². The molecule has 0 aliphatic heterocycles. The molecule has 2 aromatic carbocycles. The average molecular weight is 557 g/mol. The van der Waals surface area contributed by atoms with Crippen molar-refractivity contribution in [1.29, 1.82) is 0 Å². The first-order chi connectivity index (χ1) is 18.5. The molecule has 2 atom stereocenters. The van der Waals surface area contributed by atoms with Crippen LogP contribution in [0.5, 0.6) is 0 Å². The highest BCUT2D eigenvalue weighted by Gasteiger charge is 2.36. The summed E-state index contributed by atoms with van der Waals surface area (Å²) < 4.78 is 143. The number of aromatic amines is 3. The summed E-state index contributed by atoms with van der Waals surface area (Å²) in [6, 6.07) is 4.85. The van der Waals surface area contributed by atoms with E-state index in [9.17, 15) is 43.9 Å². The van der Waals surface area contributed by atoms with Gasteiger partial charge in [0, 0.05) is 47.3 Å². The molecule has 39 heavy (non-hydrogen) atoms. The van der Waals surface area contributed by atoms with E-state index in [4.69, 9.17) is 0 Å². The summed E-state index contributed by atoms with van der Waals surface area (Å²) in [6.07, 6.45) is 5.07. The maximum Gasteiger partial charge on any atom is 0.200 e. The molecular weight excluding hydrogens is 544 g/mol. The van der Waals surface area contributed by atoms with Gasteiger partial charge in [-0.3, -0.25) is 0 Å². The molecule has 0 saturated heterocycles. The van der Waals surface area contributed by atoms with Gasteiger partial charge in [0.05, 0.1) is 11.8 Å². The SMILES string of the molecule is Fc1c(F)c(F)c(C(c2cc[nH]c2)c2ccc(C(c3cc[nH]c3)c3c(F)c(F)c(F)c(F)c3F)[nH]2)c(F)c1F. The van der Waals surface area contributed by atoms with Gasteiger partial charge in [-0.2, -0.15) is 0 Å². The summed E-state index contributed by atoms with van der Waals surface area (Å²) in [5.41, 5.74) is -2.82. The lowest BCUT2D eigenvalue weighted by molar-refractivity contribution is 0.368. The highest BCUT2D eigenvalue weighted by molar-refractivity contribution is 5.47. The first-order valence-corrected chi connectivity index (χ1v) is 11.0. The summed E-state index contributed by atoms with van der Waals surface area (Å²) in [6.45, 7) is 0. The number of halogens is 10. The Morgan fingerprint density at radius 1 is 0.410 bits per heavy atom. The van der Waals surface area contributed by atoms with Crippen LogP contribution >= 0.6 is 0 Å². The highest BCUT2D eigenvalue weighted by Crippen LogP contribution is 2.41. The Hall–Kier alpha value is -4.42. The highest BCUT2D eigenvalue weighted by atomic mass is 19.2. The fraction of sp³-hybridized carbons (Fsp3) is 0.0769. The van der Waals surface area contributed by atoms with Crippen molar-refractivity contribution in [2.24, 2.45) is 0 Å². The van der Waals surface area contributed by atoms with Crippen molar-refractivity contribution in [1.82, 2.24) is 15.0 Å². The Labute approximate surface area is 212 Å². The second-order valence-electron chi connectivity index (χ2n) is 8.49. The topological polar surface area (TPSA) is 47.4 Å². The number of nitrogens with one attached hydrogen (secondary N) is 3. The molecule has 5 rings (SSSR count). The van der Waals surface area contributed by atoms with Crippen molar-refractivity contribution >= 4 is 0 Å². The van der Waals surface area contributed by atoms with Crippen molar-refractivity contribution in [3.8, 4) is 0 Å². The molecule has 3 N–H and O–H groups in total. The van der Waals surface area contributed by atoms with Gasteiger partial charge in [-0.1, -0.05) is 0 Å². The van der Waals surface area contributed by atoms with Gasteiger partial charge in [0.2, 0.25) is 11.6 Å². The maximum atomic E-state index is 14.8. The third kappa shape index (κ3) is 4.08. The fourth-order valence-corrected chi connectivity index (χ4v) is 4.55. The summed E-state index contributed by atoms with van der Waals surface area (Å²) in [5, 5.41) is 0. The smallest absolute Gasteiger partial charge is 0.200 e. The van der Waals surface area contributed by atoms with E-state index in [0.29, 0.717) is 0 Å². The molecule has 202 valence electrons. The maximum absolute atomic E-state index is 14.8. The van der Waals surface area contributed by atoms with Crippen molar-refractivity contribution in [2.75, 3.05) is 0 Å². The van der Waals surface area contributed by atoms with Crippen LogP contribution in [0.3, 0.4) is 0 Å². The minimum atomic E-state index is -2.37. The predicted octanol–water partition coefficient (Wildman–Crippen LogP) is 7.42. The molecule has 3 nitrogen and oxygen atoms in total. The third-order valence-corrected chi connectivity index (χ3v) is 6.33. The molecular formula is C26H13F10N3. The number of hydrogen-bond acceptors (Lipinski definition) is 0. The number of H-pyrrole nitrogens is 3. The van der Waals surface area contributed by atoms with Gasteiger partial charge in [-0.15, -0.1) is 0 Å². The van der Waals surface area contributed by atoms with Crippen molar-refractivity contribution in [3.05, 3.63) is 141 Å². The lowest BCUT2D eigenvalue weighted by Crippen LogP contribution is -2.15. The standard InChI is InChI=1S/C26H13F10N3/c27-17-15(18(28)22(32)25(35)21(17)31)13(9-3-5-37-7-9)11-1-2-12(39-11)14(10-4-6-38-8-10)16-19(29)23(33)26(36)24(34)20(16)30/h1-8,13-14,37-39H. The van der Waals surface area contributed by atoms with Crippen LogP contribution in [0.2, 0.25) is 0 Å². The minimum absolute atomic E-state index is 0.0287. The Kier molecular flexibility index (Phi) is 6.52. The summed E-state index contributed by atoms with van der Waals surface area (Å²) in [5.74, 6) is -25.3. The Morgan fingerprint density at radius 3 is 1.00 bits per heavy atom. The van der Waals surface area contributed by atoms with Crippen LogP contribution in [-0.4, -0.2) is 15.0 Å². The molecule has 0 aliphatic carbocycles. The lowest BCUT2D eigenvalue weighted by atomic mass is 9.89. The van der Waals surface area contributed by atoms with E-state index in [1.54, 1.807) is 0 Å². The first kappa shape index (κ1) is 26.2. The van der Waals surface area contributed by atoms with Crippen LogP contribution in [-0.2, 0) is 0 Å². The predicted molar refractivity (Wildman–Crippen MR) is 117 cm³/mol. The number of benzene rings is 2. The number of rotatable bonds is 6. The molecule has 0 amide bonds. The summed E-state index contributed by atoms with van der Waals surface area (Å²) in [7, 11) is 0. The van der Waals surface area contributed by atoms with Crippen LogP contribution in [0.1, 0.15) is 45.5 Å². The Morgan fingerprint density at radius 2 is 0.718 bits per heavy atom. The zero-order valence-corrected chi connectivity index (χ0v) is 19.1. The zero-order chi connectivity index (χ0) is 28.2. The summed E-state index contributed by atoms with van der Waals surface area (Å²) >= 11 is 0. The van der Waals surface area contributed by atoms with Gasteiger partial charge < -0.3 is 15.0 Å². The molecule has 0 spiro atoms. The van der Waals surface area contributed by atoms with E-state index in [1.165, 1.54) is 36.9 Å². The molecule has 3 aromatic heterocycles. The van der Waals surface area contributed by atoms with Gasteiger partial charge in [0.25, 0.3) is 0 Å². The first-order valence-electron chi connectivity index (χ1n) is 11.0. The van der Waals surface area contributed by atoms with Gasteiger partial charge in [0.1, 0.15) is 0 Å². The zero-order valence-electron chi connectivity index (χ0n) is 19.1. The van der Waals surface area contributed by atoms with E-state index in [1.807, 2.05) is 0 Å². The third-order valence-electron chi connectivity index (χ3n) is 6.33. The van der Waals surface area contributed by atoms with Crippen molar-refractivity contribution in [2.45, 2.75) is 11.8 Å². The van der Waals surface area contributed by atoms with Gasteiger partial charge in [-0.25, -0.2) is 43.9 Å². The van der Waals surface area contributed by atoms with Crippen LogP contribution in [0.15, 0.2) is 49.1 Å². The second-order valence-corrected chi connectivity index (χ2v) is 8.49.